The van der Waals surface area contributed by atoms with Crippen molar-refractivity contribution in [2.45, 2.75) is 26.8 Å². The first-order chi connectivity index (χ1) is 16.5. The van der Waals surface area contributed by atoms with Crippen LogP contribution < -0.4 is 15.1 Å². The molecule has 0 bridgehead atoms. The van der Waals surface area contributed by atoms with Crippen LogP contribution in [0.1, 0.15) is 35.9 Å². The monoisotopic (exact) mass is 464 g/mol. The van der Waals surface area contributed by atoms with Gasteiger partial charge in [-0.1, -0.05) is 0 Å². The maximum Gasteiger partial charge on any atom is 0.256 e. The third kappa shape index (κ3) is 4.45. The zero-order chi connectivity index (χ0) is 23.7. The minimum Gasteiger partial charge on any atom is -0.378 e. The van der Waals surface area contributed by atoms with Gasteiger partial charge >= 0.3 is 0 Å². The van der Waals surface area contributed by atoms with Crippen molar-refractivity contribution in [2.75, 3.05) is 67.7 Å². The summed E-state index contributed by atoms with van der Waals surface area (Å²) in [5.74, 6) is -0.160. The number of carbonyl (C=O) groups excluding carboxylic acids is 1. The van der Waals surface area contributed by atoms with Gasteiger partial charge < -0.3 is 24.6 Å². The molecular weight excluding hydrogens is 432 g/mol. The van der Waals surface area contributed by atoms with E-state index >= 15 is 0 Å². The van der Waals surface area contributed by atoms with Crippen LogP contribution in [0.4, 0.5) is 17.1 Å². The molecule has 0 aliphatic carbocycles. The number of pyridine rings is 1. The summed E-state index contributed by atoms with van der Waals surface area (Å²) in [6.07, 6.45) is 1.74. The first-order valence-electron chi connectivity index (χ1n) is 12.0. The van der Waals surface area contributed by atoms with Crippen LogP contribution in [0.3, 0.4) is 0 Å². The lowest BCUT2D eigenvalue weighted by Gasteiger charge is -2.33. The fraction of sp³-hybridized carbons (Fsp3) is 0.480. The standard InChI is InChI=1S/C25H32N6O3/c1-17(2)31-24-21(16-26-31)20(14-18(3)27-24)25(32)28-22-5-4-19(29-6-10-33-11-7-29)15-23(22)30-8-12-34-13-9-30/h4-5,14-17H,6-13H2,1-3H3,(H,28,32). The minimum absolute atomic E-state index is 0.156. The van der Waals surface area contributed by atoms with Crippen molar-refractivity contribution in [2.24, 2.45) is 0 Å². The topological polar surface area (TPSA) is 84.8 Å². The zero-order valence-corrected chi connectivity index (χ0v) is 20.1. The predicted octanol–water partition coefficient (Wildman–Crippen LogP) is 3.25. The minimum atomic E-state index is -0.160. The molecule has 9 heteroatoms. The van der Waals surface area contributed by atoms with Crippen LogP contribution in [-0.2, 0) is 9.47 Å². The van der Waals surface area contributed by atoms with E-state index in [1.165, 1.54) is 0 Å². The summed E-state index contributed by atoms with van der Waals surface area (Å²) in [6.45, 7) is 12.1. The number of hydrogen-bond donors (Lipinski definition) is 1. The largest absolute Gasteiger partial charge is 0.378 e. The highest BCUT2D eigenvalue weighted by Gasteiger charge is 2.22. The van der Waals surface area contributed by atoms with E-state index in [0.717, 1.165) is 73.2 Å². The number of morpholine rings is 2. The number of anilines is 3. The first-order valence-corrected chi connectivity index (χ1v) is 12.0. The first kappa shape index (κ1) is 22.6. The summed E-state index contributed by atoms with van der Waals surface area (Å²) >= 11 is 0. The normalized spacial score (nSPS) is 16.9. The lowest BCUT2D eigenvalue weighted by Crippen LogP contribution is -2.38. The highest BCUT2D eigenvalue weighted by Crippen LogP contribution is 2.33. The molecule has 5 rings (SSSR count). The van der Waals surface area contributed by atoms with Gasteiger partial charge in [0.1, 0.15) is 0 Å². The van der Waals surface area contributed by atoms with Gasteiger partial charge in [0.2, 0.25) is 0 Å². The molecule has 0 atom stereocenters. The molecule has 9 nitrogen and oxygen atoms in total. The van der Waals surface area contributed by atoms with E-state index < -0.39 is 0 Å². The van der Waals surface area contributed by atoms with Crippen LogP contribution >= 0.6 is 0 Å². The third-order valence-corrected chi connectivity index (χ3v) is 6.39. The van der Waals surface area contributed by atoms with Crippen molar-refractivity contribution in [3.05, 3.63) is 41.7 Å². The Kier molecular flexibility index (Phi) is 6.38. The molecule has 2 fully saturated rings. The van der Waals surface area contributed by atoms with Crippen molar-refractivity contribution < 1.29 is 14.3 Å². The number of rotatable bonds is 5. The van der Waals surface area contributed by atoms with Crippen LogP contribution in [0.15, 0.2) is 30.5 Å². The molecule has 1 amide bonds. The number of fused-ring (bicyclic) bond motifs is 1. The Balaban J connectivity index is 1.49. The van der Waals surface area contributed by atoms with Crippen molar-refractivity contribution in [3.8, 4) is 0 Å². The van der Waals surface area contributed by atoms with Crippen molar-refractivity contribution in [3.63, 3.8) is 0 Å². The van der Waals surface area contributed by atoms with Crippen LogP contribution in [0.2, 0.25) is 0 Å². The molecule has 1 N–H and O–H groups in total. The molecule has 3 aromatic rings. The van der Waals surface area contributed by atoms with Gasteiger partial charge in [0, 0.05) is 43.6 Å². The van der Waals surface area contributed by atoms with E-state index in [4.69, 9.17) is 9.47 Å². The molecule has 0 saturated carbocycles. The molecule has 2 saturated heterocycles. The highest BCUT2D eigenvalue weighted by molar-refractivity contribution is 6.13. The maximum absolute atomic E-state index is 13.5. The van der Waals surface area contributed by atoms with Gasteiger partial charge in [0.15, 0.2) is 5.65 Å². The Hall–Kier alpha value is -3.17. The second-order valence-corrected chi connectivity index (χ2v) is 9.09. The van der Waals surface area contributed by atoms with Gasteiger partial charge in [-0.2, -0.15) is 5.10 Å². The van der Waals surface area contributed by atoms with E-state index in [1.807, 2.05) is 23.7 Å². The number of benzene rings is 1. The number of carbonyl (C=O) groups is 1. The number of nitrogens with one attached hydrogen (secondary N) is 1. The number of amides is 1. The molecule has 34 heavy (non-hydrogen) atoms. The second kappa shape index (κ2) is 9.60. The van der Waals surface area contributed by atoms with E-state index in [9.17, 15) is 4.79 Å². The number of ether oxygens (including phenoxy) is 2. The van der Waals surface area contributed by atoms with Crippen LogP contribution in [0.5, 0.6) is 0 Å². The van der Waals surface area contributed by atoms with Crippen LogP contribution in [0.25, 0.3) is 11.0 Å². The molecule has 180 valence electrons. The fourth-order valence-electron chi connectivity index (χ4n) is 4.61. The molecule has 1 aromatic carbocycles. The molecule has 0 spiro atoms. The summed E-state index contributed by atoms with van der Waals surface area (Å²) < 4.78 is 12.9. The quantitative estimate of drug-likeness (QED) is 0.620. The molecule has 0 unspecified atom stereocenters. The van der Waals surface area contributed by atoms with Crippen molar-refractivity contribution >= 4 is 34.0 Å². The van der Waals surface area contributed by atoms with E-state index in [1.54, 1.807) is 6.20 Å². The molecular formula is C25H32N6O3. The van der Waals surface area contributed by atoms with Gasteiger partial charge in [-0.25, -0.2) is 9.67 Å². The molecule has 2 aliphatic rings. The molecule has 0 radical (unpaired) electrons. The number of aryl methyl sites for hydroxylation is 1. The Labute approximate surface area is 199 Å². The third-order valence-electron chi connectivity index (χ3n) is 6.39. The number of hydrogen-bond acceptors (Lipinski definition) is 7. The zero-order valence-electron chi connectivity index (χ0n) is 20.1. The van der Waals surface area contributed by atoms with E-state index in [0.29, 0.717) is 18.8 Å². The second-order valence-electron chi connectivity index (χ2n) is 9.09. The lowest BCUT2D eigenvalue weighted by molar-refractivity contribution is 0.102. The summed E-state index contributed by atoms with van der Waals surface area (Å²) in [4.78, 5) is 22.8. The van der Waals surface area contributed by atoms with Crippen LogP contribution in [-0.4, -0.2) is 73.3 Å². The maximum atomic E-state index is 13.5. The Morgan fingerprint density at radius 1 is 1.00 bits per heavy atom. The molecule has 2 aliphatic heterocycles. The average molecular weight is 465 g/mol. The summed E-state index contributed by atoms with van der Waals surface area (Å²) in [7, 11) is 0. The van der Waals surface area contributed by atoms with Gasteiger partial charge in [-0.3, -0.25) is 4.79 Å². The van der Waals surface area contributed by atoms with Crippen LogP contribution in [0, 0.1) is 6.92 Å². The Morgan fingerprint density at radius 2 is 1.68 bits per heavy atom. The van der Waals surface area contributed by atoms with E-state index in [-0.39, 0.29) is 11.9 Å². The Morgan fingerprint density at radius 3 is 2.35 bits per heavy atom. The van der Waals surface area contributed by atoms with Gasteiger partial charge in [-0.05, 0) is 45.0 Å². The predicted molar refractivity (Wildman–Crippen MR) is 133 cm³/mol. The number of aromatic nitrogens is 3. The summed E-state index contributed by atoms with van der Waals surface area (Å²) in [5, 5.41) is 8.42. The van der Waals surface area contributed by atoms with Gasteiger partial charge in [0.05, 0.1) is 54.9 Å². The summed E-state index contributed by atoms with van der Waals surface area (Å²) in [5.41, 5.74) is 5.05. The van der Waals surface area contributed by atoms with E-state index in [2.05, 4.69) is 51.2 Å². The smallest absolute Gasteiger partial charge is 0.256 e. The van der Waals surface area contributed by atoms with Crippen molar-refractivity contribution in [1.82, 2.24) is 14.8 Å². The SMILES string of the molecule is Cc1cc(C(=O)Nc2ccc(N3CCOCC3)cc2N2CCOCC2)c2cnn(C(C)C)c2n1. The van der Waals surface area contributed by atoms with Gasteiger partial charge in [0.25, 0.3) is 5.91 Å². The lowest BCUT2D eigenvalue weighted by atomic mass is 10.1. The average Bonchev–Trinajstić information content (AvgIpc) is 3.29. The molecule has 4 heterocycles. The number of nitrogens with zero attached hydrogens (tertiary/aromatic N) is 5. The fourth-order valence-corrected chi connectivity index (χ4v) is 4.61. The highest BCUT2D eigenvalue weighted by atomic mass is 16.5. The van der Waals surface area contributed by atoms with Crippen molar-refractivity contribution in [1.29, 1.82) is 0 Å². The summed E-state index contributed by atoms with van der Waals surface area (Å²) in [6, 6.07) is 8.26. The van der Waals surface area contributed by atoms with Gasteiger partial charge in [-0.15, -0.1) is 0 Å². The molecule has 2 aromatic heterocycles. The Bertz CT molecular complexity index is 1180.